The SMILES string of the molecule is CC1CC1C(N)C(F)C(=O)O. The van der Waals surface area contributed by atoms with E-state index in [1.54, 1.807) is 0 Å². The molecule has 0 aromatic rings. The van der Waals surface area contributed by atoms with Crippen LogP contribution in [0.15, 0.2) is 0 Å². The second kappa shape index (κ2) is 2.77. The second-order valence-electron chi connectivity index (χ2n) is 3.19. The second-order valence-corrected chi connectivity index (χ2v) is 3.19. The maximum atomic E-state index is 12.7. The van der Waals surface area contributed by atoms with Gasteiger partial charge in [-0.15, -0.1) is 0 Å². The quantitative estimate of drug-likeness (QED) is 0.629. The largest absolute Gasteiger partial charge is 0.479 e. The minimum Gasteiger partial charge on any atom is -0.479 e. The number of nitrogens with two attached hydrogens (primary N) is 1. The van der Waals surface area contributed by atoms with Crippen LogP contribution in [0.1, 0.15) is 13.3 Å². The number of halogens is 1. The first-order valence-corrected chi connectivity index (χ1v) is 3.66. The smallest absolute Gasteiger partial charge is 0.339 e. The van der Waals surface area contributed by atoms with Gasteiger partial charge in [-0.1, -0.05) is 6.92 Å². The van der Waals surface area contributed by atoms with Gasteiger partial charge in [0.15, 0.2) is 0 Å². The van der Waals surface area contributed by atoms with Gasteiger partial charge in [-0.3, -0.25) is 0 Å². The lowest BCUT2D eigenvalue weighted by Gasteiger charge is -2.11. The summed E-state index contributed by atoms with van der Waals surface area (Å²) in [7, 11) is 0. The average Bonchev–Trinajstić information content (AvgIpc) is 2.63. The van der Waals surface area contributed by atoms with E-state index < -0.39 is 18.2 Å². The van der Waals surface area contributed by atoms with E-state index in [1.165, 1.54) is 0 Å². The highest BCUT2D eigenvalue weighted by molar-refractivity contribution is 5.73. The van der Waals surface area contributed by atoms with Gasteiger partial charge in [0.1, 0.15) is 0 Å². The fraction of sp³-hybridized carbons (Fsp3) is 0.857. The van der Waals surface area contributed by atoms with Crippen LogP contribution in [0.4, 0.5) is 4.39 Å². The van der Waals surface area contributed by atoms with Crippen LogP contribution in [-0.4, -0.2) is 23.3 Å². The molecule has 0 aliphatic heterocycles. The average molecular weight is 161 g/mol. The molecule has 3 nitrogen and oxygen atoms in total. The fourth-order valence-corrected chi connectivity index (χ4v) is 1.27. The van der Waals surface area contributed by atoms with Crippen molar-refractivity contribution in [3.63, 3.8) is 0 Å². The summed E-state index contributed by atoms with van der Waals surface area (Å²) in [5, 5.41) is 8.26. The molecule has 1 aliphatic carbocycles. The lowest BCUT2D eigenvalue weighted by Crippen LogP contribution is -2.39. The van der Waals surface area contributed by atoms with Gasteiger partial charge in [-0.2, -0.15) is 0 Å². The Hall–Kier alpha value is -0.640. The van der Waals surface area contributed by atoms with Crippen LogP contribution in [0.3, 0.4) is 0 Å². The van der Waals surface area contributed by atoms with Crippen LogP contribution in [-0.2, 0) is 4.79 Å². The molecule has 1 rings (SSSR count). The summed E-state index contributed by atoms with van der Waals surface area (Å²) in [6.07, 6.45) is -1.04. The first-order valence-electron chi connectivity index (χ1n) is 3.66. The fourth-order valence-electron chi connectivity index (χ4n) is 1.27. The van der Waals surface area contributed by atoms with Gasteiger partial charge in [0.05, 0.1) is 0 Å². The molecule has 4 atom stereocenters. The lowest BCUT2D eigenvalue weighted by molar-refractivity contribution is -0.143. The van der Waals surface area contributed by atoms with Crippen molar-refractivity contribution in [1.82, 2.24) is 0 Å². The summed E-state index contributed by atoms with van der Waals surface area (Å²) in [6.45, 7) is 1.94. The van der Waals surface area contributed by atoms with Crippen LogP contribution < -0.4 is 5.73 Å². The topological polar surface area (TPSA) is 63.3 Å². The molecule has 0 aromatic heterocycles. The third-order valence-electron chi connectivity index (χ3n) is 2.24. The van der Waals surface area contributed by atoms with Crippen molar-refractivity contribution in [2.24, 2.45) is 17.6 Å². The normalized spacial score (nSPS) is 34.5. The van der Waals surface area contributed by atoms with Crippen molar-refractivity contribution in [3.8, 4) is 0 Å². The molecule has 0 aromatic carbocycles. The highest BCUT2D eigenvalue weighted by Gasteiger charge is 2.43. The number of carbonyl (C=O) groups is 1. The lowest BCUT2D eigenvalue weighted by atomic mass is 10.1. The van der Waals surface area contributed by atoms with Crippen molar-refractivity contribution in [1.29, 1.82) is 0 Å². The monoisotopic (exact) mass is 161 g/mol. The molecule has 3 N–H and O–H groups in total. The molecule has 0 bridgehead atoms. The van der Waals surface area contributed by atoms with Crippen LogP contribution in [0.5, 0.6) is 0 Å². The zero-order valence-electron chi connectivity index (χ0n) is 6.33. The van der Waals surface area contributed by atoms with E-state index in [-0.39, 0.29) is 5.92 Å². The van der Waals surface area contributed by atoms with E-state index in [0.717, 1.165) is 6.42 Å². The van der Waals surface area contributed by atoms with Crippen LogP contribution in [0.25, 0.3) is 0 Å². The predicted molar refractivity (Wildman–Crippen MR) is 37.8 cm³/mol. The molecule has 1 saturated carbocycles. The summed E-state index contributed by atoms with van der Waals surface area (Å²) < 4.78 is 12.7. The van der Waals surface area contributed by atoms with Crippen LogP contribution >= 0.6 is 0 Å². The van der Waals surface area contributed by atoms with Crippen molar-refractivity contribution < 1.29 is 14.3 Å². The van der Waals surface area contributed by atoms with Crippen molar-refractivity contribution in [2.75, 3.05) is 0 Å². The summed E-state index contributed by atoms with van der Waals surface area (Å²) in [4.78, 5) is 10.1. The standard InChI is InChI=1S/C7H12FNO2/c1-3-2-4(3)6(9)5(8)7(10)11/h3-6H,2,9H2,1H3,(H,10,11). The van der Waals surface area contributed by atoms with Crippen LogP contribution in [0.2, 0.25) is 0 Å². The number of carboxylic acids is 1. The molecule has 1 aliphatic rings. The van der Waals surface area contributed by atoms with Gasteiger partial charge in [0.25, 0.3) is 0 Å². The number of aliphatic carboxylic acids is 1. The van der Waals surface area contributed by atoms with E-state index in [4.69, 9.17) is 10.8 Å². The summed E-state index contributed by atoms with van der Waals surface area (Å²) in [5.41, 5.74) is 5.36. The number of hydrogen-bond acceptors (Lipinski definition) is 2. The molecule has 11 heavy (non-hydrogen) atoms. The number of hydrogen-bond donors (Lipinski definition) is 2. The number of carboxylic acid groups (broad SMARTS) is 1. The van der Waals surface area contributed by atoms with E-state index in [1.807, 2.05) is 6.92 Å². The molecule has 1 fully saturated rings. The zero-order chi connectivity index (χ0) is 8.59. The van der Waals surface area contributed by atoms with Gasteiger partial charge in [-0.25, -0.2) is 9.18 Å². The molecular formula is C7H12FNO2. The number of rotatable bonds is 3. The molecule has 4 unspecified atom stereocenters. The Balaban J connectivity index is 2.41. The van der Waals surface area contributed by atoms with E-state index in [2.05, 4.69) is 0 Å². The van der Waals surface area contributed by atoms with Gasteiger partial charge in [-0.05, 0) is 18.3 Å². The van der Waals surface area contributed by atoms with Crippen molar-refractivity contribution in [3.05, 3.63) is 0 Å². The molecule has 0 saturated heterocycles. The molecule has 0 radical (unpaired) electrons. The van der Waals surface area contributed by atoms with Crippen molar-refractivity contribution in [2.45, 2.75) is 25.6 Å². The Morgan fingerprint density at radius 3 is 2.55 bits per heavy atom. The Labute approximate surface area is 64.4 Å². The first kappa shape index (κ1) is 8.46. The molecular weight excluding hydrogens is 149 g/mol. The maximum Gasteiger partial charge on any atom is 0.339 e. The highest BCUT2D eigenvalue weighted by Crippen LogP contribution is 2.41. The van der Waals surface area contributed by atoms with E-state index >= 15 is 0 Å². The Bertz CT molecular complexity index is 174. The minimum absolute atomic E-state index is 0.0705. The van der Waals surface area contributed by atoms with Gasteiger partial charge in [0.2, 0.25) is 6.17 Å². The minimum atomic E-state index is -1.90. The summed E-state index contributed by atoms with van der Waals surface area (Å²) >= 11 is 0. The molecule has 4 heteroatoms. The summed E-state index contributed by atoms with van der Waals surface area (Å²) in [6, 6.07) is -0.817. The van der Waals surface area contributed by atoms with Gasteiger partial charge < -0.3 is 10.8 Å². The van der Waals surface area contributed by atoms with Gasteiger partial charge >= 0.3 is 5.97 Å². The number of alkyl halides is 1. The highest BCUT2D eigenvalue weighted by atomic mass is 19.1. The van der Waals surface area contributed by atoms with E-state index in [0.29, 0.717) is 5.92 Å². The Kier molecular flexibility index (Phi) is 2.13. The third-order valence-corrected chi connectivity index (χ3v) is 2.24. The Morgan fingerprint density at radius 1 is 1.82 bits per heavy atom. The van der Waals surface area contributed by atoms with Crippen LogP contribution in [0, 0.1) is 11.8 Å². The Morgan fingerprint density at radius 2 is 2.27 bits per heavy atom. The molecule has 0 amide bonds. The molecule has 0 spiro atoms. The summed E-state index contributed by atoms with van der Waals surface area (Å²) in [5.74, 6) is -0.986. The first-order chi connectivity index (χ1) is 5.04. The zero-order valence-corrected chi connectivity index (χ0v) is 6.33. The maximum absolute atomic E-state index is 12.7. The third kappa shape index (κ3) is 1.68. The molecule has 0 heterocycles. The molecule has 64 valence electrons. The van der Waals surface area contributed by atoms with Crippen molar-refractivity contribution >= 4 is 5.97 Å². The van der Waals surface area contributed by atoms with Gasteiger partial charge in [0, 0.05) is 6.04 Å². The van der Waals surface area contributed by atoms with E-state index in [9.17, 15) is 9.18 Å². The predicted octanol–water partition coefficient (Wildman–Crippen LogP) is 0.392.